The number of Topliss-reactive ketones (excluding diaryl/α,β-unsaturated/α-hetero) is 1. The normalized spacial score (nSPS) is 18.9. The van der Waals surface area contributed by atoms with Crippen LogP contribution in [0.5, 0.6) is 0 Å². The van der Waals surface area contributed by atoms with Crippen LogP contribution in [0.3, 0.4) is 0 Å². The molecule has 0 aliphatic carbocycles. The molecule has 1 aromatic heterocycles. The van der Waals surface area contributed by atoms with E-state index in [1.165, 1.54) is 0 Å². The van der Waals surface area contributed by atoms with Crippen molar-refractivity contribution in [3.05, 3.63) is 75.9 Å². The molecule has 1 fully saturated rings. The highest BCUT2D eigenvalue weighted by Gasteiger charge is 2.46. The predicted molar refractivity (Wildman–Crippen MR) is 112 cm³/mol. The van der Waals surface area contributed by atoms with E-state index in [9.17, 15) is 14.7 Å². The molecular weight excluding hydrogens is 420 g/mol. The molecule has 6 heteroatoms. The Hall–Kier alpha value is -2.86. The molecule has 28 heavy (non-hydrogen) atoms. The molecule has 2 heterocycles. The standard InChI is InChI=1S/C22H19BrN2O3/c1-2-11-25-19(16-12-24-17-6-4-3-5-15(16)17)18(21(27)22(25)28)20(26)13-7-9-14(23)10-8-13/h3-10,12,19,24,26H,2,11H2,1H3/b20-18+. The lowest BCUT2D eigenvalue weighted by atomic mass is 9.95. The van der Waals surface area contributed by atoms with Gasteiger partial charge in [0.2, 0.25) is 0 Å². The van der Waals surface area contributed by atoms with E-state index in [-0.39, 0.29) is 11.3 Å². The number of H-pyrrole nitrogens is 1. The third-order valence-corrected chi connectivity index (χ3v) is 5.57. The third-order valence-electron chi connectivity index (χ3n) is 5.04. The lowest BCUT2D eigenvalue weighted by Crippen LogP contribution is -2.30. The first-order chi connectivity index (χ1) is 13.5. The number of carbonyl (C=O) groups is 2. The largest absolute Gasteiger partial charge is 0.507 e. The van der Waals surface area contributed by atoms with Crippen molar-refractivity contribution in [2.75, 3.05) is 6.54 Å². The van der Waals surface area contributed by atoms with Gasteiger partial charge in [-0.05, 0) is 24.6 Å². The maximum atomic E-state index is 12.9. The lowest BCUT2D eigenvalue weighted by Gasteiger charge is -2.24. The van der Waals surface area contributed by atoms with Gasteiger partial charge in [0.1, 0.15) is 5.76 Å². The van der Waals surface area contributed by atoms with Crippen LogP contribution in [0.15, 0.2) is 64.8 Å². The van der Waals surface area contributed by atoms with Gasteiger partial charge in [0.15, 0.2) is 0 Å². The van der Waals surface area contributed by atoms with Crippen LogP contribution in [0.25, 0.3) is 16.7 Å². The smallest absolute Gasteiger partial charge is 0.295 e. The number of para-hydroxylation sites is 1. The zero-order valence-electron chi connectivity index (χ0n) is 15.3. The zero-order valence-corrected chi connectivity index (χ0v) is 16.9. The summed E-state index contributed by atoms with van der Waals surface area (Å²) >= 11 is 3.37. The summed E-state index contributed by atoms with van der Waals surface area (Å²) in [6, 6.07) is 14.1. The Labute approximate surface area is 170 Å². The number of ketones is 1. The number of benzene rings is 2. The monoisotopic (exact) mass is 438 g/mol. The molecule has 142 valence electrons. The Bertz CT molecular complexity index is 1100. The van der Waals surface area contributed by atoms with E-state index in [0.29, 0.717) is 18.5 Å². The van der Waals surface area contributed by atoms with Crippen molar-refractivity contribution >= 4 is 44.3 Å². The van der Waals surface area contributed by atoms with Crippen LogP contribution < -0.4 is 0 Å². The fourth-order valence-electron chi connectivity index (χ4n) is 3.76. The highest BCUT2D eigenvalue weighted by molar-refractivity contribution is 9.10. The molecule has 1 amide bonds. The van der Waals surface area contributed by atoms with Gasteiger partial charge in [-0.1, -0.05) is 53.2 Å². The van der Waals surface area contributed by atoms with E-state index in [2.05, 4.69) is 20.9 Å². The van der Waals surface area contributed by atoms with Crippen molar-refractivity contribution in [2.24, 2.45) is 0 Å². The van der Waals surface area contributed by atoms with Crippen molar-refractivity contribution in [3.63, 3.8) is 0 Å². The quantitative estimate of drug-likeness (QED) is 0.350. The number of aromatic amines is 1. The lowest BCUT2D eigenvalue weighted by molar-refractivity contribution is -0.139. The van der Waals surface area contributed by atoms with Crippen molar-refractivity contribution in [3.8, 4) is 0 Å². The topological polar surface area (TPSA) is 73.4 Å². The Balaban J connectivity index is 1.94. The maximum Gasteiger partial charge on any atom is 0.295 e. The molecular formula is C22H19BrN2O3. The van der Waals surface area contributed by atoms with Gasteiger partial charge in [-0.15, -0.1) is 0 Å². The minimum Gasteiger partial charge on any atom is -0.507 e. The van der Waals surface area contributed by atoms with E-state index in [0.717, 1.165) is 20.9 Å². The van der Waals surface area contributed by atoms with E-state index < -0.39 is 17.7 Å². The van der Waals surface area contributed by atoms with E-state index >= 15 is 0 Å². The van der Waals surface area contributed by atoms with Gasteiger partial charge >= 0.3 is 0 Å². The number of aromatic nitrogens is 1. The number of amides is 1. The number of aliphatic hydroxyl groups excluding tert-OH is 1. The van der Waals surface area contributed by atoms with Crippen molar-refractivity contribution in [1.29, 1.82) is 0 Å². The summed E-state index contributed by atoms with van der Waals surface area (Å²) in [4.78, 5) is 30.4. The summed E-state index contributed by atoms with van der Waals surface area (Å²) in [5.74, 6) is -1.38. The van der Waals surface area contributed by atoms with Gasteiger partial charge in [0, 0.05) is 39.2 Å². The number of nitrogens with one attached hydrogen (secondary N) is 1. The summed E-state index contributed by atoms with van der Waals surface area (Å²) in [7, 11) is 0. The van der Waals surface area contributed by atoms with Crippen LogP contribution in [0, 0.1) is 0 Å². The molecule has 1 aliphatic heterocycles. The zero-order chi connectivity index (χ0) is 19.8. The van der Waals surface area contributed by atoms with Gasteiger partial charge in [-0.2, -0.15) is 0 Å². The summed E-state index contributed by atoms with van der Waals surface area (Å²) in [6.45, 7) is 2.40. The average molecular weight is 439 g/mol. The number of fused-ring (bicyclic) bond motifs is 1. The Morgan fingerprint density at radius 2 is 1.86 bits per heavy atom. The second kappa shape index (κ2) is 7.28. The highest BCUT2D eigenvalue weighted by atomic mass is 79.9. The summed E-state index contributed by atoms with van der Waals surface area (Å²) in [5.41, 5.74) is 2.36. The van der Waals surface area contributed by atoms with Crippen LogP contribution >= 0.6 is 15.9 Å². The molecule has 0 radical (unpaired) electrons. The summed E-state index contributed by atoms with van der Waals surface area (Å²) in [6.07, 6.45) is 2.53. The van der Waals surface area contributed by atoms with Gasteiger partial charge < -0.3 is 15.0 Å². The number of likely N-dealkylation sites (tertiary alicyclic amines) is 1. The van der Waals surface area contributed by atoms with E-state index in [4.69, 9.17) is 0 Å². The first-order valence-electron chi connectivity index (χ1n) is 9.13. The molecule has 1 unspecified atom stereocenters. The fraction of sp³-hybridized carbons (Fsp3) is 0.182. The maximum absolute atomic E-state index is 12.9. The van der Waals surface area contributed by atoms with Crippen molar-refractivity contribution in [2.45, 2.75) is 19.4 Å². The van der Waals surface area contributed by atoms with Gasteiger partial charge in [-0.3, -0.25) is 9.59 Å². The SMILES string of the molecule is CCCN1C(=O)C(=O)/C(=C(/O)c2ccc(Br)cc2)C1c1c[nH]c2ccccc12. The molecule has 3 aromatic rings. The molecule has 5 nitrogen and oxygen atoms in total. The number of hydrogen-bond acceptors (Lipinski definition) is 3. The van der Waals surface area contributed by atoms with Crippen LogP contribution in [-0.4, -0.2) is 33.2 Å². The average Bonchev–Trinajstić information content (AvgIpc) is 3.23. The Morgan fingerprint density at radius 1 is 1.14 bits per heavy atom. The van der Waals surface area contributed by atoms with Crippen LogP contribution in [0.1, 0.15) is 30.5 Å². The molecule has 0 saturated carbocycles. The predicted octanol–water partition coefficient (Wildman–Crippen LogP) is 4.76. The third kappa shape index (κ3) is 2.94. The summed E-state index contributed by atoms with van der Waals surface area (Å²) < 4.78 is 0.865. The highest BCUT2D eigenvalue weighted by Crippen LogP contribution is 2.41. The number of halogens is 1. The number of nitrogens with zero attached hydrogens (tertiary/aromatic N) is 1. The Morgan fingerprint density at radius 3 is 2.57 bits per heavy atom. The molecule has 2 aromatic carbocycles. The number of aliphatic hydroxyl groups is 1. The van der Waals surface area contributed by atoms with Gasteiger partial charge in [0.05, 0.1) is 11.6 Å². The van der Waals surface area contributed by atoms with Crippen molar-refractivity contribution < 1.29 is 14.7 Å². The second-order valence-electron chi connectivity index (χ2n) is 6.79. The molecule has 0 spiro atoms. The number of hydrogen-bond donors (Lipinski definition) is 2. The molecule has 4 rings (SSSR count). The van der Waals surface area contributed by atoms with Crippen LogP contribution in [-0.2, 0) is 9.59 Å². The minimum absolute atomic E-state index is 0.130. The molecule has 0 bridgehead atoms. The second-order valence-corrected chi connectivity index (χ2v) is 7.70. The molecule has 2 N–H and O–H groups in total. The van der Waals surface area contributed by atoms with E-state index in [1.54, 1.807) is 29.2 Å². The summed E-state index contributed by atoms with van der Waals surface area (Å²) in [5, 5.41) is 11.9. The van der Waals surface area contributed by atoms with Gasteiger partial charge in [-0.25, -0.2) is 0 Å². The van der Waals surface area contributed by atoms with Crippen LogP contribution in [0.4, 0.5) is 0 Å². The van der Waals surface area contributed by atoms with Crippen molar-refractivity contribution in [1.82, 2.24) is 9.88 Å². The van der Waals surface area contributed by atoms with E-state index in [1.807, 2.05) is 37.4 Å². The van der Waals surface area contributed by atoms with Gasteiger partial charge in [0.25, 0.3) is 11.7 Å². The first kappa shape index (κ1) is 18.5. The molecule has 1 saturated heterocycles. The fourth-order valence-corrected chi connectivity index (χ4v) is 4.02. The number of rotatable bonds is 4. The number of carbonyl (C=O) groups excluding carboxylic acids is 2. The van der Waals surface area contributed by atoms with Crippen LogP contribution in [0.2, 0.25) is 0 Å². The minimum atomic E-state index is -0.649. The molecule has 1 aliphatic rings. The Kier molecular flexibility index (Phi) is 4.81. The first-order valence-corrected chi connectivity index (χ1v) is 9.92. The molecule has 1 atom stereocenters.